The molecule has 2 atom stereocenters. The van der Waals surface area contributed by atoms with E-state index in [1.807, 2.05) is 31.2 Å². The summed E-state index contributed by atoms with van der Waals surface area (Å²) >= 11 is 0. The van der Waals surface area contributed by atoms with E-state index in [1.54, 1.807) is 0 Å². The molecule has 1 heterocycles. The van der Waals surface area contributed by atoms with E-state index in [1.165, 1.54) is 0 Å². The third-order valence-electron chi connectivity index (χ3n) is 3.60. The summed E-state index contributed by atoms with van der Waals surface area (Å²) < 4.78 is 5.70. The minimum atomic E-state index is 0.241. The summed E-state index contributed by atoms with van der Waals surface area (Å²) in [5.74, 6) is 0.241. The molecule has 0 saturated carbocycles. The number of rotatable bonds is 4. The molecule has 3 heteroatoms. The second-order valence-corrected chi connectivity index (χ2v) is 5.50. The van der Waals surface area contributed by atoms with Gasteiger partial charge in [0, 0.05) is 31.6 Å². The summed E-state index contributed by atoms with van der Waals surface area (Å²) in [5.41, 5.74) is 1.92. The number of nitrogens with zero attached hydrogens (tertiary/aromatic N) is 1. The van der Waals surface area contributed by atoms with Gasteiger partial charge in [0.1, 0.15) is 0 Å². The van der Waals surface area contributed by atoms with Gasteiger partial charge in [-0.1, -0.05) is 24.3 Å². The van der Waals surface area contributed by atoms with E-state index in [4.69, 9.17) is 4.74 Å². The first-order chi connectivity index (χ1) is 9.06. The number of benzene rings is 1. The van der Waals surface area contributed by atoms with Crippen LogP contribution in [0, 0.1) is 6.92 Å². The van der Waals surface area contributed by atoms with Gasteiger partial charge in [-0.25, -0.2) is 0 Å². The number of Topliss-reactive ketones (excluding diaryl/α,β-unsaturated/α-hetero) is 1. The molecule has 19 heavy (non-hydrogen) atoms. The lowest BCUT2D eigenvalue weighted by molar-refractivity contribution is -0.0675. The Bertz CT molecular complexity index is 434. The average Bonchev–Trinajstić information content (AvgIpc) is 2.35. The Hall–Kier alpha value is -1.19. The van der Waals surface area contributed by atoms with Gasteiger partial charge in [-0.05, 0) is 26.3 Å². The third kappa shape index (κ3) is 3.88. The summed E-state index contributed by atoms with van der Waals surface area (Å²) in [6, 6.07) is 7.81. The summed E-state index contributed by atoms with van der Waals surface area (Å²) in [7, 11) is 0. The van der Waals surface area contributed by atoms with Crippen LogP contribution in [0.15, 0.2) is 24.3 Å². The van der Waals surface area contributed by atoms with Gasteiger partial charge >= 0.3 is 0 Å². The maximum Gasteiger partial charge on any atom is 0.164 e. The molecule has 0 spiro atoms. The molecular weight excluding hydrogens is 238 g/mol. The van der Waals surface area contributed by atoms with Gasteiger partial charge < -0.3 is 4.74 Å². The maximum atomic E-state index is 12.2. The van der Waals surface area contributed by atoms with Crippen molar-refractivity contribution in [3.05, 3.63) is 35.4 Å². The Kier molecular flexibility index (Phi) is 4.72. The monoisotopic (exact) mass is 261 g/mol. The largest absolute Gasteiger partial charge is 0.373 e. The smallest absolute Gasteiger partial charge is 0.164 e. The molecule has 0 aliphatic carbocycles. The second kappa shape index (κ2) is 6.31. The zero-order valence-electron chi connectivity index (χ0n) is 12.1. The molecule has 2 rings (SSSR count). The highest BCUT2D eigenvalue weighted by molar-refractivity contribution is 5.97. The first kappa shape index (κ1) is 14.2. The standard InChI is InChI=1S/C16H23NO2/c1-12-6-4-5-7-15(12)16(18)8-9-17-10-13(2)19-14(3)11-17/h4-7,13-14H,8-11H2,1-3H3/t13-,14+. The SMILES string of the molecule is Cc1ccccc1C(=O)CCN1C[C@@H](C)O[C@@H](C)C1. The third-order valence-corrected chi connectivity index (χ3v) is 3.60. The van der Waals surface area contributed by atoms with Crippen molar-refractivity contribution in [2.45, 2.75) is 39.4 Å². The average molecular weight is 261 g/mol. The lowest BCUT2D eigenvalue weighted by atomic mass is 10.0. The lowest BCUT2D eigenvalue weighted by Gasteiger charge is -2.35. The first-order valence-corrected chi connectivity index (χ1v) is 7.03. The zero-order chi connectivity index (χ0) is 13.8. The van der Waals surface area contributed by atoms with E-state index >= 15 is 0 Å². The topological polar surface area (TPSA) is 29.5 Å². The number of carbonyl (C=O) groups excluding carboxylic acids is 1. The van der Waals surface area contributed by atoms with E-state index in [0.29, 0.717) is 6.42 Å². The fraction of sp³-hybridized carbons (Fsp3) is 0.562. The van der Waals surface area contributed by atoms with Gasteiger partial charge in [-0.3, -0.25) is 9.69 Å². The molecule has 1 aromatic carbocycles. The van der Waals surface area contributed by atoms with Crippen molar-refractivity contribution in [2.24, 2.45) is 0 Å². The Morgan fingerprint density at radius 2 is 1.89 bits per heavy atom. The Balaban J connectivity index is 1.89. The zero-order valence-corrected chi connectivity index (χ0v) is 12.1. The number of ketones is 1. The van der Waals surface area contributed by atoms with Crippen LogP contribution >= 0.6 is 0 Å². The highest BCUT2D eigenvalue weighted by Gasteiger charge is 2.22. The highest BCUT2D eigenvalue weighted by atomic mass is 16.5. The number of morpholine rings is 1. The van der Waals surface area contributed by atoms with Crippen molar-refractivity contribution in [1.29, 1.82) is 0 Å². The highest BCUT2D eigenvalue weighted by Crippen LogP contribution is 2.13. The van der Waals surface area contributed by atoms with Crippen LogP contribution < -0.4 is 0 Å². The molecule has 0 bridgehead atoms. The molecule has 1 aliphatic heterocycles. The van der Waals surface area contributed by atoms with Crippen LogP contribution in [0.4, 0.5) is 0 Å². The fourth-order valence-electron chi connectivity index (χ4n) is 2.75. The van der Waals surface area contributed by atoms with E-state index in [2.05, 4.69) is 18.7 Å². The van der Waals surface area contributed by atoms with E-state index < -0.39 is 0 Å². The number of hydrogen-bond donors (Lipinski definition) is 0. The molecule has 0 N–H and O–H groups in total. The second-order valence-electron chi connectivity index (χ2n) is 5.50. The molecule has 0 aromatic heterocycles. The number of carbonyl (C=O) groups is 1. The molecule has 0 radical (unpaired) electrons. The Morgan fingerprint density at radius 1 is 1.26 bits per heavy atom. The van der Waals surface area contributed by atoms with Crippen LogP contribution in [-0.2, 0) is 4.74 Å². The van der Waals surface area contributed by atoms with Gasteiger partial charge in [0.05, 0.1) is 12.2 Å². The predicted octanol–water partition coefficient (Wildman–Crippen LogP) is 2.68. The van der Waals surface area contributed by atoms with Gasteiger partial charge in [-0.15, -0.1) is 0 Å². The van der Waals surface area contributed by atoms with Crippen LogP contribution in [0.3, 0.4) is 0 Å². The van der Waals surface area contributed by atoms with Gasteiger partial charge in [0.2, 0.25) is 0 Å². The summed E-state index contributed by atoms with van der Waals surface area (Å²) in [6.07, 6.45) is 1.11. The lowest BCUT2D eigenvalue weighted by Crippen LogP contribution is -2.46. The normalized spacial score (nSPS) is 24.4. The fourth-order valence-corrected chi connectivity index (χ4v) is 2.75. The molecule has 1 saturated heterocycles. The van der Waals surface area contributed by atoms with Crippen molar-refractivity contribution in [3.63, 3.8) is 0 Å². The predicted molar refractivity (Wildman–Crippen MR) is 76.6 cm³/mol. The summed E-state index contributed by atoms with van der Waals surface area (Å²) in [4.78, 5) is 14.5. The van der Waals surface area contributed by atoms with E-state index in [9.17, 15) is 4.79 Å². The van der Waals surface area contributed by atoms with Crippen molar-refractivity contribution in [3.8, 4) is 0 Å². The van der Waals surface area contributed by atoms with Crippen molar-refractivity contribution < 1.29 is 9.53 Å². The number of aryl methyl sites for hydroxylation is 1. The molecule has 1 aromatic rings. The molecule has 104 valence electrons. The summed E-state index contributed by atoms with van der Waals surface area (Å²) in [5, 5.41) is 0. The first-order valence-electron chi connectivity index (χ1n) is 7.03. The Labute approximate surface area is 115 Å². The van der Waals surface area contributed by atoms with Crippen LogP contribution in [0.25, 0.3) is 0 Å². The van der Waals surface area contributed by atoms with Crippen LogP contribution in [-0.4, -0.2) is 42.5 Å². The van der Waals surface area contributed by atoms with Gasteiger partial charge in [0.25, 0.3) is 0 Å². The quantitative estimate of drug-likeness (QED) is 0.780. The van der Waals surface area contributed by atoms with Crippen molar-refractivity contribution in [1.82, 2.24) is 4.90 Å². The van der Waals surface area contributed by atoms with Crippen molar-refractivity contribution in [2.75, 3.05) is 19.6 Å². The summed E-state index contributed by atoms with van der Waals surface area (Å²) in [6.45, 7) is 8.84. The van der Waals surface area contributed by atoms with Gasteiger partial charge in [-0.2, -0.15) is 0 Å². The molecule has 1 fully saturated rings. The molecular formula is C16H23NO2. The Morgan fingerprint density at radius 3 is 2.53 bits per heavy atom. The number of ether oxygens (including phenoxy) is 1. The van der Waals surface area contributed by atoms with E-state index in [-0.39, 0.29) is 18.0 Å². The minimum absolute atomic E-state index is 0.241. The van der Waals surface area contributed by atoms with Crippen molar-refractivity contribution >= 4 is 5.78 Å². The molecule has 1 aliphatic rings. The van der Waals surface area contributed by atoms with Crippen LogP contribution in [0.2, 0.25) is 0 Å². The van der Waals surface area contributed by atoms with E-state index in [0.717, 1.165) is 30.8 Å². The minimum Gasteiger partial charge on any atom is -0.373 e. The van der Waals surface area contributed by atoms with Crippen LogP contribution in [0.5, 0.6) is 0 Å². The number of hydrogen-bond acceptors (Lipinski definition) is 3. The van der Waals surface area contributed by atoms with Crippen LogP contribution in [0.1, 0.15) is 36.2 Å². The van der Waals surface area contributed by atoms with Gasteiger partial charge in [0.15, 0.2) is 5.78 Å². The molecule has 0 amide bonds. The molecule has 3 nitrogen and oxygen atoms in total. The molecule has 0 unspecified atom stereocenters. The maximum absolute atomic E-state index is 12.2.